The molecule has 0 aromatic carbocycles. The van der Waals surface area contributed by atoms with Gasteiger partial charge in [-0.2, -0.15) is 0 Å². The molecule has 0 unspecified atom stereocenters. The molecule has 0 saturated carbocycles. The second kappa shape index (κ2) is 26.4. The summed E-state index contributed by atoms with van der Waals surface area (Å²) in [5.74, 6) is -3.29. The molecule has 0 spiro atoms. The average Bonchev–Trinajstić information content (AvgIpc) is 3.79. The van der Waals surface area contributed by atoms with Crippen molar-refractivity contribution < 1.29 is 67.6 Å². The number of hydrogen-bond acceptors (Lipinski definition) is 15. The standard InChI is InChI=1S/C53H75BrN2O14/c1-31(16-17-38(63-6)12-10-18-54)21-44(59)47-26-42(64-7)27-53(62,70-47)28-48(60)55-36(29-57)22-33(3)51-35(5)52-34(4)45(68-51)13-9-14-49-56-43(30-65-49)46-24-37(58)23-41(67-46)25-40-20-32(2)19-39(66-40)11-8-15-50(61)69-52/h8-10,14-18,21-22,30,34-42,44-47,51-52,57-59,62H,2,11-13,19-20,23-29H2,1,3-7H3,(H,55,60)/b14-9-,15-8-,17-16+,18-10+,31-21+,33-22+/t34-,35-,36+,37+,38+,39-,40+,41-,42+,44+,45+,46+,47+,51-,52-,53-/m0/s1. The van der Waals surface area contributed by atoms with Crippen LogP contribution in [0.15, 0.2) is 87.6 Å². The molecule has 4 fully saturated rings. The number of aromatic nitrogens is 1. The van der Waals surface area contributed by atoms with Gasteiger partial charge in [-0.25, -0.2) is 9.78 Å². The smallest absolute Gasteiger partial charge is 0.330 e. The minimum absolute atomic E-state index is 0.0179. The maximum atomic E-state index is 13.7. The third-order valence-corrected chi connectivity index (χ3v) is 14.3. The third kappa shape index (κ3) is 16.0. The molecule has 1 aromatic heterocycles. The number of nitrogens with zero attached hydrogens (tertiary/aromatic N) is 1. The number of fused-ring (bicyclic) bond motifs is 9. The molecule has 6 rings (SSSR count). The van der Waals surface area contributed by atoms with Gasteiger partial charge in [0.1, 0.15) is 24.2 Å². The van der Waals surface area contributed by atoms with Gasteiger partial charge in [0, 0.05) is 57.8 Å². The van der Waals surface area contributed by atoms with Crippen LogP contribution in [0.5, 0.6) is 0 Å². The maximum absolute atomic E-state index is 13.7. The summed E-state index contributed by atoms with van der Waals surface area (Å²) in [6.45, 7) is 11.4. The van der Waals surface area contributed by atoms with Crippen LogP contribution in [0.2, 0.25) is 0 Å². The van der Waals surface area contributed by atoms with E-state index < -0.39 is 85.6 Å². The number of halogens is 1. The van der Waals surface area contributed by atoms with Crippen molar-refractivity contribution in [1.82, 2.24) is 10.3 Å². The number of methoxy groups -OCH3 is 2. The lowest BCUT2D eigenvalue weighted by molar-refractivity contribution is -0.285. The minimum atomic E-state index is -1.98. The molecule has 70 heavy (non-hydrogen) atoms. The number of ether oxygens (including phenoxy) is 7. The van der Waals surface area contributed by atoms with Gasteiger partial charge in [0.15, 0.2) is 5.79 Å². The Kier molecular flexibility index (Phi) is 21.0. The van der Waals surface area contributed by atoms with Crippen LogP contribution < -0.4 is 5.32 Å². The number of oxazole rings is 1. The summed E-state index contributed by atoms with van der Waals surface area (Å²) in [4.78, 5) is 33.7. The lowest BCUT2D eigenvalue weighted by Gasteiger charge is -2.44. The Labute approximate surface area is 421 Å². The van der Waals surface area contributed by atoms with Crippen molar-refractivity contribution in [1.29, 1.82) is 0 Å². The summed E-state index contributed by atoms with van der Waals surface area (Å²) in [6, 6.07) is -0.882. The van der Waals surface area contributed by atoms with Crippen LogP contribution in [0.1, 0.15) is 116 Å². The number of carbonyl (C=O) groups is 2. The number of hydrogen-bond donors (Lipinski definition) is 5. The average molecular weight is 1040 g/mol. The fourth-order valence-electron chi connectivity index (χ4n) is 10.4. The zero-order valence-electron chi connectivity index (χ0n) is 41.4. The number of allylic oxidation sites excluding steroid dienone is 2. The molecule has 8 bridgehead atoms. The summed E-state index contributed by atoms with van der Waals surface area (Å²) in [5, 5.41) is 47.1. The Morgan fingerprint density at radius 3 is 2.54 bits per heavy atom. The normalized spacial score (nSPS) is 36.2. The van der Waals surface area contributed by atoms with Crippen molar-refractivity contribution in [2.24, 2.45) is 11.8 Å². The van der Waals surface area contributed by atoms with Gasteiger partial charge < -0.3 is 63.3 Å². The first-order chi connectivity index (χ1) is 33.5. The molecule has 17 heteroatoms. The van der Waals surface area contributed by atoms with Crippen LogP contribution in [-0.2, 0) is 42.7 Å². The number of rotatable bonds is 14. The largest absolute Gasteiger partial charge is 0.458 e. The highest BCUT2D eigenvalue weighted by molar-refractivity contribution is 9.11. The third-order valence-electron chi connectivity index (χ3n) is 13.9. The van der Waals surface area contributed by atoms with Gasteiger partial charge in [0.2, 0.25) is 11.8 Å². The highest BCUT2D eigenvalue weighted by Crippen LogP contribution is 2.39. The lowest BCUT2D eigenvalue weighted by Crippen LogP contribution is -2.53. The number of aliphatic hydroxyl groups is 4. The molecule has 0 aliphatic carbocycles. The van der Waals surface area contributed by atoms with Crippen molar-refractivity contribution >= 4 is 33.9 Å². The van der Waals surface area contributed by atoms with Crippen LogP contribution >= 0.6 is 15.9 Å². The number of amides is 1. The van der Waals surface area contributed by atoms with Gasteiger partial charge in [0.05, 0.1) is 80.1 Å². The monoisotopic (exact) mass is 1040 g/mol. The zero-order chi connectivity index (χ0) is 50.5. The predicted molar refractivity (Wildman–Crippen MR) is 265 cm³/mol. The molecule has 6 heterocycles. The minimum Gasteiger partial charge on any atom is -0.458 e. The summed E-state index contributed by atoms with van der Waals surface area (Å²) in [7, 11) is 3.12. The van der Waals surface area contributed by atoms with Crippen LogP contribution in [0.4, 0.5) is 0 Å². The molecule has 5 aliphatic heterocycles. The van der Waals surface area contributed by atoms with Crippen molar-refractivity contribution in [2.75, 3.05) is 20.8 Å². The fraction of sp³-hybridized carbons (Fsp3) is 0.642. The first-order valence-electron chi connectivity index (χ1n) is 24.6. The van der Waals surface area contributed by atoms with Crippen molar-refractivity contribution in [2.45, 2.75) is 183 Å². The second-order valence-electron chi connectivity index (χ2n) is 19.7. The van der Waals surface area contributed by atoms with E-state index in [-0.39, 0.29) is 49.1 Å². The first-order valence-corrected chi connectivity index (χ1v) is 25.5. The Morgan fingerprint density at radius 2 is 1.80 bits per heavy atom. The highest BCUT2D eigenvalue weighted by Gasteiger charge is 2.46. The maximum Gasteiger partial charge on any atom is 0.330 e. The van der Waals surface area contributed by atoms with E-state index in [0.717, 1.165) is 11.1 Å². The number of nitrogens with one attached hydrogen (secondary N) is 1. The lowest BCUT2D eigenvalue weighted by atomic mass is 9.79. The van der Waals surface area contributed by atoms with Crippen LogP contribution in [-0.4, -0.2) is 137 Å². The summed E-state index contributed by atoms with van der Waals surface area (Å²) >= 11 is 3.27. The quantitative estimate of drug-likeness (QED) is 0.0725. The Balaban J connectivity index is 1.16. The molecular formula is C53H75BrN2O14. The number of carbonyl (C=O) groups excluding carboxylic acids is 2. The van der Waals surface area contributed by atoms with Crippen molar-refractivity contribution in [3.63, 3.8) is 0 Å². The van der Waals surface area contributed by atoms with Crippen molar-refractivity contribution in [3.05, 3.63) is 94.7 Å². The molecule has 388 valence electrons. The van der Waals surface area contributed by atoms with E-state index in [1.807, 2.05) is 52.0 Å². The van der Waals surface area contributed by atoms with Crippen LogP contribution in [0, 0.1) is 11.8 Å². The van der Waals surface area contributed by atoms with E-state index in [9.17, 15) is 30.0 Å². The van der Waals surface area contributed by atoms with E-state index in [1.54, 1.807) is 42.7 Å². The summed E-state index contributed by atoms with van der Waals surface area (Å²) in [5.41, 5.74) is 3.10. The van der Waals surface area contributed by atoms with Gasteiger partial charge in [-0.3, -0.25) is 4.79 Å². The predicted octanol–water partition coefficient (Wildman–Crippen LogP) is 6.94. The highest BCUT2D eigenvalue weighted by atomic mass is 79.9. The van der Waals surface area contributed by atoms with Gasteiger partial charge in [-0.15, -0.1) is 0 Å². The molecule has 16 nitrogen and oxygen atoms in total. The summed E-state index contributed by atoms with van der Waals surface area (Å²) < 4.78 is 48.9. The van der Waals surface area contributed by atoms with Crippen LogP contribution in [0.3, 0.4) is 0 Å². The Bertz CT molecular complexity index is 2080. The number of aliphatic hydroxyl groups excluding tert-OH is 3. The second-order valence-corrected chi connectivity index (χ2v) is 20.3. The van der Waals surface area contributed by atoms with Gasteiger partial charge in [-0.05, 0) is 69.0 Å². The van der Waals surface area contributed by atoms with E-state index in [1.165, 1.54) is 13.2 Å². The van der Waals surface area contributed by atoms with E-state index in [2.05, 4.69) is 27.8 Å². The molecule has 4 saturated heterocycles. The molecule has 5 N–H and O–H groups in total. The summed E-state index contributed by atoms with van der Waals surface area (Å²) in [6.07, 6.45) is 15.7. The molecular weight excluding hydrogens is 968 g/mol. The molecule has 1 amide bonds. The van der Waals surface area contributed by atoms with Gasteiger partial charge >= 0.3 is 5.97 Å². The van der Waals surface area contributed by atoms with E-state index >= 15 is 0 Å². The van der Waals surface area contributed by atoms with Gasteiger partial charge in [0.25, 0.3) is 0 Å². The first kappa shape index (κ1) is 55.7. The SMILES string of the molecule is C=C1C[C@@H]2C[C@@H]3C[C@@H](O)C[C@@H](O3)c3coc(n3)/C=C\C[C@H]3O[C@@H](/C(C)=C/[C@H](CO)NC(=O)C[C@]4(O)C[C@H](OC)C[C@H]([C@H](O)/C=C(C)/C=C/[C@@H](C/C=C/Br)OC)O4)[C@H](C)[C@@H](OC(=O)/C=C\C[C@@H](C1)O2)[C@H]3C. The number of esters is 1. The van der Waals surface area contributed by atoms with E-state index in [4.69, 9.17) is 42.6 Å². The molecule has 0 radical (unpaired) electrons. The van der Waals surface area contributed by atoms with Gasteiger partial charge in [-0.1, -0.05) is 90.0 Å². The topological polar surface area (TPSA) is 218 Å². The Morgan fingerprint density at radius 1 is 1.03 bits per heavy atom. The molecule has 16 atom stereocenters. The molecule has 5 aliphatic rings. The van der Waals surface area contributed by atoms with Crippen LogP contribution in [0.25, 0.3) is 6.08 Å². The fourth-order valence-corrected chi connectivity index (χ4v) is 10.6. The van der Waals surface area contributed by atoms with Crippen molar-refractivity contribution in [3.8, 4) is 0 Å². The Hall–Kier alpha value is -3.59. The zero-order valence-corrected chi connectivity index (χ0v) is 43.0. The van der Waals surface area contributed by atoms with E-state index in [0.29, 0.717) is 68.5 Å². The molecule has 1 aromatic rings.